The summed E-state index contributed by atoms with van der Waals surface area (Å²) < 4.78 is 13.8. The molecule has 32 heavy (non-hydrogen) atoms. The summed E-state index contributed by atoms with van der Waals surface area (Å²) in [7, 11) is 0. The number of nitrogens with one attached hydrogen (secondary N) is 1. The second kappa shape index (κ2) is 9.76. The number of carbonyl (C=O) groups is 2. The number of amides is 2. The van der Waals surface area contributed by atoms with Crippen LogP contribution >= 0.6 is 0 Å². The number of likely N-dealkylation sites (tertiary alicyclic amines) is 1. The molecule has 1 aliphatic heterocycles. The Morgan fingerprint density at radius 1 is 1.16 bits per heavy atom. The smallest absolute Gasteiger partial charge is 0.229 e. The van der Waals surface area contributed by atoms with E-state index in [1.54, 1.807) is 12.1 Å². The molecule has 0 aliphatic carbocycles. The lowest BCUT2D eigenvalue weighted by Crippen LogP contribution is -2.41. The van der Waals surface area contributed by atoms with Gasteiger partial charge in [0.05, 0.1) is 12.1 Å². The number of hydrogen-bond acceptors (Lipinski definition) is 4. The monoisotopic (exact) mass is 440 g/mol. The third kappa shape index (κ3) is 6.11. The standard InChI is InChI=1S/C25H33FN4O2/c1-16-19(13-22(31)29-21-11-7-6-10-20(21)26)17(2)28-24(27-16)18-9-8-12-30(15-18)23(32)14-25(3,4)5/h6-7,10-11,18H,8-9,12-15H2,1-5H3,(H,29,31)/t18-/m1/s1. The van der Waals surface area contributed by atoms with Crippen molar-refractivity contribution < 1.29 is 14.0 Å². The van der Waals surface area contributed by atoms with Gasteiger partial charge in [-0.05, 0) is 44.2 Å². The fourth-order valence-electron chi connectivity index (χ4n) is 4.10. The van der Waals surface area contributed by atoms with Crippen LogP contribution in [0, 0.1) is 25.1 Å². The van der Waals surface area contributed by atoms with Crippen molar-refractivity contribution in [1.29, 1.82) is 0 Å². The maximum absolute atomic E-state index is 13.8. The molecular formula is C25H33FN4O2. The summed E-state index contributed by atoms with van der Waals surface area (Å²) >= 11 is 0. The van der Waals surface area contributed by atoms with Gasteiger partial charge in [0.15, 0.2) is 0 Å². The number of aryl methyl sites for hydroxylation is 2. The van der Waals surface area contributed by atoms with E-state index in [4.69, 9.17) is 9.97 Å². The Kier molecular flexibility index (Phi) is 7.26. The Labute approximate surface area is 189 Å². The molecule has 2 heterocycles. The number of nitrogens with zero attached hydrogens (tertiary/aromatic N) is 3. The topological polar surface area (TPSA) is 75.2 Å². The molecule has 3 rings (SSSR count). The van der Waals surface area contributed by atoms with Crippen LogP contribution in [-0.2, 0) is 16.0 Å². The molecule has 1 fully saturated rings. The third-order valence-corrected chi connectivity index (χ3v) is 5.74. The van der Waals surface area contributed by atoms with E-state index in [1.807, 2.05) is 18.7 Å². The summed E-state index contributed by atoms with van der Waals surface area (Å²) in [6, 6.07) is 6.09. The van der Waals surface area contributed by atoms with Gasteiger partial charge in [0, 0.05) is 42.4 Å². The zero-order valence-electron chi connectivity index (χ0n) is 19.7. The Balaban J connectivity index is 1.70. The Morgan fingerprint density at radius 3 is 2.44 bits per heavy atom. The number of anilines is 1. The molecule has 1 N–H and O–H groups in total. The van der Waals surface area contributed by atoms with Gasteiger partial charge in [0.1, 0.15) is 11.6 Å². The molecule has 172 valence electrons. The van der Waals surface area contributed by atoms with Crippen LogP contribution in [-0.4, -0.2) is 39.8 Å². The van der Waals surface area contributed by atoms with Crippen molar-refractivity contribution >= 4 is 17.5 Å². The lowest BCUT2D eigenvalue weighted by atomic mass is 9.90. The van der Waals surface area contributed by atoms with Crippen molar-refractivity contribution in [2.45, 2.75) is 66.2 Å². The molecule has 0 radical (unpaired) electrons. The molecule has 1 aromatic carbocycles. The van der Waals surface area contributed by atoms with E-state index in [-0.39, 0.29) is 35.3 Å². The summed E-state index contributed by atoms with van der Waals surface area (Å²) in [4.78, 5) is 36.5. The quantitative estimate of drug-likeness (QED) is 0.740. The van der Waals surface area contributed by atoms with Crippen LogP contribution in [0.2, 0.25) is 0 Å². The average molecular weight is 441 g/mol. The van der Waals surface area contributed by atoms with Gasteiger partial charge in [-0.25, -0.2) is 14.4 Å². The third-order valence-electron chi connectivity index (χ3n) is 5.74. The Hall–Kier alpha value is -2.83. The normalized spacial score (nSPS) is 16.7. The second-order valence-corrected chi connectivity index (χ2v) is 9.85. The molecule has 0 bridgehead atoms. The van der Waals surface area contributed by atoms with Gasteiger partial charge in [-0.15, -0.1) is 0 Å². The maximum atomic E-state index is 13.8. The second-order valence-electron chi connectivity index (χ2n) is 9.85. The van der Waals surface area contributed by atoms with Crippen LogP contribution in [0.25, 0.3) is 0 Å². The summed E-state index contributed by atoms with van der Waals surface area (Å²) in [5.74, 6) is 0.216. The minimum Gasteiger partial charge on any atom is -0.342 e. The molecule has 0 unspecified atom stereocenters. The minimum absolute atomic E-state index is 0.0431. The summed E-state index contributed by atoms with van der Waals surface area (Å²) in [5.41, 5.74) is 2.36. The van der Waals surface area contributed by atoms with Gasteiger partial charge in [0.2, 0.25) is 11.8 Å². The SMILES string of the molecule is Cc1nc([C@@H]2CCCN(C(=O)CC(C)(C)C)C2)nc(C)c1CC(=O)Nc1ccccc1F. The largest absolute Gasteiger partial charge is 0.342 e. The van der Waals surface area contributed by atoms with E-state index >= 15 is 0 Å². The molecular weight excluding hydrogens is 407 g/mol. The van der Waals surface area contributed by atoms with Crippen LogP contribution in [0.4, 0.5) is 10.1 Å². The maximum Gasteiger partial charge on any atom is 0.229 e. The zero-order valence-corrected chi connectivity index (χ0v) is 19.7. The number of piperidine rings is 1. The number of para-hydroxylation sites is 1. The van der Waals surface area contributed by atoms with Crippen LogP contribution in [0.15, 0.2) is 24.3 Å². The van der Waals surface area contributed by atoms with Crippen molar-refractivity contribution in [2.24, 2.45) is 5.41 Å². The summed E-state index contributed by atoms with van der Waals surface area (Å²) in [6.07, 6.45) is 2.46. The highest BCUT2D eigenvalue weighted by Gasteiger charge is 2.29. The number of halogens is 1. The molecule has 1 aromatic heterocycles. The van der Waals surface area contributed by atoms with Gasteiger partial charge >= 0.3 is 0 Å². The van der Waals surface area contributed by atoms with Gasteiger partial charge in [-0.3, -0.25) is 9.59 Å². The van der Waals surface area contributed by atoms with E-state index in [1.165, 1.54) is 12.1 Å². The van der Waals surface area contributed by atoms with Crippen LogP contribution in [0.5, 0.6) is 0 Å². The van der Waals surface area contributed by atoms with Crippen LogP contribution < -0.4 is 5.32 Å². The molecule has 1 saturated heterocycles. The molecule has 1 atom stereocenters. The predicted molar refractivity (Wildman–Crippen MR) is 123 cm³/mol. The van der Waals surface area contributed by atoms with E-state index in [0.717, 1.165) is 42.2 Å². The molecule has 1 aliphatic rings. The van der Waals surface area contributed by atoms with Gasteiger partial charge in [0.25, 0.3) is 0 Å². The summed E-state index contributed by atoms with van der Waals surface area (Å²) in [6.45, 7) is 11.4. The number of carbonyl (C=O) groups excluding carboxylic acids is 2. The fraction of sp³-hybridized carbons (Fsp3) is 0.520. The molecule has 2 amide bonds. The molecule has 0 saturated carbocycles. The Morgan fingerprint density at radius 2 is 1.81 bits per heavy atom. The van der Waals surface area contributed by atoms with Crippen LogP contribution in [0.3, 0.4) is 0 Å². The highest BCUT2D eigenvalue weighted by molar-refractivity contribution is 5.92. The van der Waals surface area contributed by atoms with Gasteiger partial charge in [-0.2, -0.15) is 0 Å². The van der Waals surface area contributed by atoms with Gasteiger partial charge < -0.3 is 10.2 Å². The Bertz CT molecular complexity index is 977. The first-order chi connectivity index (χ1) is 15.0. The van der Waals surface area contributed by atoms with Crippen molar-refractivity contribution in [3.05, 3.63) is 52.9 Å². The van der Waals surface area contributed by atoms with Crippen molar-refractivity contribution in [2.75, 3.05) is 18.4 Å². The molecule has 7 heteroatoms. The minimum atomic E-state index is -0.469. The average Bonchev–Trinajstić information content (AvgIpc) is 2.71. The van der Waals surface area contributed by atoms with Crippen molar-refractivity contribution in [3.8, 4) is 0 Å². The predicted octanol–water partition coefficient (Wildman–Crippen LogP) is 4.56. The molecule has 2 aromatic rings. The number of rotatable bonds is 5. The van der Waals surface area contributed by atoms with Gasteiger partial charge in [-0.1, -0.05) is 32.9 Å². The highest BCUT2D eigenvalue weighted by Crippen LogP contribution is 2.28. The molecule has 0 spiro atoms. The number of hydrogen-bond donors (Lipinski definition) is 1. The van der Waals surface area contributed by atoms with E-state index in [0.29, 0.717) is 13.0 Å². The van der Waals surface area contributed by atoms with E-state index < -0.39 is 5.82 Å². The first-order valence-corrected chi connectivity index (χ1v) is 11.2. The first-order valence-electron chi connectivity index (χ1n) is 11.2. The fourth-order valence-corrected chi connectivity index (χ4v) is 4.10. The molecule has 6 nitrogen and oxygen atoms in total. The number of benzene rings is 1. The van der Waals surface area contributed by atoms with E-state index in [9.17, 15) is 14.0 Å². The lowest BCUT2D eigenvalue weighted by molar-refractivity contribution is -0.134. The first kappa shape index (κ1) is 23.8. The van der Waals surface area contributed by atoms with Crippen molar-refractivity contribution in [3.63, 3.8) is 0 Å². The number of aromatic nitrogens is 2. The van der Waals surface area contributed by atoms with E-state index in [2.05, 4.69) is 26.1 Å². The highest BCUT2D eigenvalue weighted by atomic mass is 19.1. The zero-order chi connectivity index (χ0) is 23.5. The van der Waals surface area contributed by atoms with Crippen LogP contribution in [0.1, 0.15) is 68.7 Å². The summed E-state index contributed by atoms with van der Waals surface area (Å²) in [5, 5.41) is 2.61. The lowest BCUT2D eigenvalue weighted by Gasteiger charge is -2.34. The van der Waals surface area contributed by atoms with Crippen molar-refractivity contribution in [1.82, 2.24) is 14.9 Å².